The Morgan fingerprint density at radius 3 is 1.15 bits per heavy atom. The van der Waals surface area contributed by atoms with E-state index in [0.717, 1.165) is 0 Å². The van der Waals surface area contributed by atoms with Crippen LogP contribution >= 0.6 is 23.2 Å². The van der Waals surface area contributed by atoms with Crippen molar-refractivity contribution in [3.8, 4) is 0 Å². The van der Waals surface area contributed by atoms with Gasteiger partial charge in [-0.3, -0.25) is 4.79 Å². The summed E-state index contributed by atoms with van der Waals surface area (Å²) in [6.45, 7) is 0. The first kappa shape index (κ1) is 12.8. The van der Waals surface area contributed by atoms with E-state index in [4.69, 9.17) is 0 Å². The van der Waals surface area contributed by atoms with Crippen LogP contribution in [0.25, 0.3) is 0 Å². The Balaban J connectivity index is 5.35. The van der Waals surface area contributed by atoms with Crippen molar-refractivity contribution in [2.24, 2.45) is 0 Å². The van der Waals surface area contributed by atoms with E-state index in [1.807, 2.05) is 0 Å². The minimum absolute atomic E-state index is 2.73. The lowest BCUT2D eigenvalue weighted by molar-refractivity contribution is -0.256. The minimum atomic E-state index is -5.98. The third-order valence-corrected chi connectivity index (χ3v) is 2.03. The summed E-state index contributed by atoms with van der Waals surface area (Å²) in [7, 11) is 0. The zero-order chi connectivity index (χ0) is 11.1. The van der Waals surface area contributed by atoms with Gasteiger partial charge in [-0.15, -0.1) is 0 Å². The Bertz CT molecular complexity index is 204. The highest BCUT2D eigenvalue weighted by molar-refractivity contribution is 6.71. The van der Waals surface area contributed by atoms with Crippen LogP contribution in [0.3, 0.4) is 0 Å². The number of rotatable bonds is 1. The molecule has 13 heavy (non-hydrogen) atoms. The summed E-state index contributed by atoms with van der Waals surface area (Å²) < 4.78 is 70.2. The average molecular weight is 249 g/mol. The topological polar surface area (TPSA) is 17.1 Å². The monoisotopic (exact) mass is 248 g/mol. The Kier molecular flexibility index (Phi) is 3.16. The lowest BCUT2D eigenvalue weighted by atomic mass is 10.1. The molecular weight excluding hydrogens is 249 g/mol. The van der Waals surface area contributed by atoms with Gasteiger partial charge in [0.2, 0.25) is 0 Å². The molecule has 1 nitrogen and oxygen atoms in total. The average Bonchev–Trinajstić information content (AvgIpc) is 1.80. The zero-order valence-corrected chi connectivity index (χ0v) is 6.94. The minimum Gasteiger partial charge on any atom is -0.278 e. The van der Waals surface area contributed by atoms with Gasteiger partial charge in [0.1, 0.15) is 0 Å². The van der Waals surface area contributed by atoms with Crippen LogP contribution in [0.1, 0.15) is 0 Å². The van der Waals surface area contributed by atoms with Crippen LogP contribution in [0.4, 0.5) is 26.3 Å². The van der Waals surface area contributed by atoms with E-state index < -0.39 is 22.5 Å². The SMILES string of the molecule is O=C(Cl)C(Cl)(C(F)(F)F)C(F)(F)F. The standard InChI is InChI=1S/C4Cl2F6O/c5-1(13)2(6,3(7,8)9)4(10,11)12. The summed E-state index contributed by atoms with van der Waals surface area (Å²) in [6, 6.07) is 0. The fourth-order valence-electron chi connectivity index (χ4n) is 0.384. The van der Waals surface area contributed by atoms with Crippen molar-refractivity contribution in [2.75, 3.05) is 0 Å². The fourth-order valence-corrected chi connectivity index (χ4v) is 0.598. The second kappa shape index (κ2) is 3.20. The number of carbonyl (C=O) groups excluding carboxylic acids is 1. The molecule has 0 saturated heterocycles. The quantitative estimate of drug-likeness (QED) is 0.396. The lowest BCUT2D eigenvalue weighted by Gasteiger charge is -2.27. The molecule has 0 aliphatic heterocycles. The van der Waals surface area contributed by atoms with Crippen LogP contribution in [-0.2, 0) is 4.79 Å². The van der Waals surface area contributed by atoms with Gasteiger partial charge in [0, 0.05) is 0 Å². The van der Waals surface area contributed by atoms with Crippen molar-refractivity contribution < 1.29 is 31.1 Å². The second-order valence-corrected chi connectivity index (χ2v) is 2.84. The summed E-state index contributed by atoms with van der Waals surface area (Å²) >= 11 is 8.24. The molecule has 0 amide bonds. The largest absolute Gasteiger partial charge is 0.425 e. The van der Waals surface area contributed by atoms with E-state index in [0.29, 0.717) is 0 Å². The second-order valence-electron chi connectivity index (χ2n) is 1.93. The highest BCUT2D eigenvalue weighted by Gasteiger charge is 2.74. The van der Waals surface area contributed by atoms with E-state index in [1.165, 1.54) is 0 Å². The van der Waals surface area contributed by atoms with Gasteiger partial charge < -0.3 is 0 Å². The van der Waals surface area contributed by atoms with E-state index in [-0.39, 0.29) is 0 Å². The summed E-state index contributed by atoms with van der Waals surface area (Å²) in [5.74, 6) is 0. The number of carbonyl (C=O) groups is 1. The van der Waals surface area contributed by atoms with E-state index in [1.54, 1.807) is 0 Å². The van der Waals surface area contributed by atoms with Gasteiger partial charge in [0.25, 0.3) is 5.24 Å². The first-order valence-corrected chi connectivity index (χ1v) is 3.22. The Hall–Kier alpha value is -0.170. The highest BCUT2D eigenvalue weighted by Crippen LogP contribution is 2.49. The molecule has 0 aromatic carbocycles. The molecule has 0 heterocycles. The Morgan fingerprint density at radius 1 is 0.923 bits per heavy atom. The van der Waals surface area contributed by atoms with Crippen LogP contribution in [0.15, 0.2) is 0 Å². The molecule has 78 valence electrons. The van der Waals surface area contributed by atoms with Crippen molar-refractivity contribution in [2.45, 2.75) is 17.2 Å². The van der Waals surface area contributed by atoms with Gasteiger partial charge in [-0.05, 0) is 11.6 Å². The summed E-state index contributed by atoms with van der Waals surface area (Å²) in [5.41, 5.74) is 0. The molecule has 0 radical (unpaired) electrons. The molecule has 0 atom stereocenters. The number of halogens is 8. The van der Waals surface area contributed by atoms with Gasteiger partial charge in [0.15, 0.2) is 0 Å². The molecule has 0 N–H and O–H groups in total. The number of alkyl halides is 7. The molecular formula is C4Cl2F6O. The van der Waals surface area contributed by atoms with Crippen molar-refractivity contribution in [1.29, 1.82) is 0 Å². The molecule has 0 bridgehead atoms. The van der Waals surface area contributed by atoms with Gasteiger partial charge in [0.05, 0.1) is 0 Å². The maximum absolute atomic E-state index is 11.7. The maximum Gasteiger partial charge on any atom is 0.425 e. The third-order valence-electron chi connectivity index (χ3n) is 1.05. The summed E-state index contributed by atoms with van der Waals surface area (Å²) in [6.07, 6.45) is -12.0. The number of hydrogen-bond acceptors (Lipinski definition) is 1. The van der Waals surface area contributed by atoms with Crippen molar-refractivity contribution in [3.63, 3.8) is 0 Å². The molecule has 0 aliphatic rings. The molecule has 0 aromatic rings. The van der Waals surface area contributed by atoms with Gasteiger partial charge >= 0.3 is 17.2 Å². The predicted octanol–water partition coefficient (Wildman–Crippen LogP) is 2.85. The predicted molar refractivity (Wildman–Crippen MR) is 31.6 cm³/mol. The van der Waals surface area contributed by atoms with Crippen LogP contribution < -0.4 is 0 Å². The van der Waals surface area contributed by atoms with E-state index >= 15 is 0 Å². The molecule has 0 aliphatic carbocycles. The molecule has 0 rings (SSSR count). The first-order valence-electron chi connectivity index (χ1n) is 2.47. The lowest BCUT2D eigenvalue weighted by Crippen LogP contribution is -2.56. The smallest absolute Gasteiger partial charge is 0.278 e. The van der Waals surface area contributed by atoms with E-state index in [9.17, 15) is 31.1 Å². The van der Waals surface area contributed by atoms with Crippen LogP contribution in [0, 0.1) is 0 Å². The zero-order valence-electron chi connectivity index (χ0n) is 5.43. The molecule has 0 unspecified atom stereocenters. The molecule has 0 saturated carbocycles. The highest BCUT2D eigenvalue weighted by atomic mass is 35.5. The van der Waals surface area contributed by atoms with Crippen LogP contribution in [0.2, 0.25) is 0 Å². The van der Waals surface area contributed by atoms with Crippen molar-refractivity contribution >= 4 is 28.4 Å². The van der Waals surface area contributed by atoms with Crippen LogP contribution in [0.5, 0.6) is 0 Å². The van der Waals surface area contributed by atoms with Gasteiger partial charge in [-0.1, -0.05) is 11.6 Å². The van der Waals surface area contributed by atoms with Crippen LogP contribution in [-0.4, -0.2) is 22.5 Å². The summed E-state index contributed by atoms with van der Waals surface area (Å²) in [5, 5.41) is -2.73. The van der Waals surface area contributed by atoms with Crippen molar-refractivity contribution in [3.05, 3.63) is 0 Å². The molecule has 0 fully saturated rings. The first-order chi connectivity index (χ1) is 5.44. The number of hydrogen-bond donors (Lipinski definition) is 0. The molecule has 9 heteroatoms. The summed E-state index contributed by atoms with van der Waals surface area (Å²) in [4.78, 5) is 4.93. The van der Waals surface area contributed by atoms with Gasteiger partial charge in [-0.25, -0.2) is 0 Å². The Labute approximate surface area is 77.6 Å². The van der Waals surface area contributed by atoms with E-state index in [2.05, 4.69) is 23.2 Å². The third kappa shape index (κ3) is 2.01. The molecule has 0 spiro atoms. The normalized spacial score (nSPS) is 14.5. The van der Waals surface area contributed by atoms with Gasteiger partial charge in [-0.2, -0.15) is 26.3 Å². The molecule has 0 aromatic heterocycles. The van der Waals surface area contributed by atoms with Crippen molar-refractivity contribution in [1.82, 2.24) is 0 Å². The fraction of sp³-hybridized carbons (Fsp3) is 0.750. The maximum atomic E-state index is 11.7. The Morgan fingerprint density at radius 2 is 1.15 bits per heavy atom.